The summed E-state index contributed by atoms with van der Waals surface area (Å²) >= 11 is 0. The minimum atomic E-state index is -0.155. The third-order valence-corrected chi connectivity index (χ3v) is 4.14. The quantitative estimate of drug-likeness (QED) is 0.767. The van der Waals surface area contributed by atoms with Gasteiger partial charge in [-0.05, 0) is 37.9 Å². The summed E-state index contributed by atoms with van der Waals surface area (Å²) in [6.07, 6.45) is 5.01. The Kier molecular flexibility index (Phi) is 4.40. The smallest absolute Gasteiger partial charge is 0.228 e. The minimum absolute atomic E-state index is 0.155. The lowest BCUT2D eigenvalue weighted by Gasteiger charge is -2.38. The van der Waals surface area contributed by atoms with Gasteiger partial charge < -0.3 is 15.0 Å². The maximum Gasteiger partial charge on any atom is 0.228 e. The Morgan fingerprint density at radius 1 is 1.50 bits per heavy atom. The fourth-order valence-corrected chi connectivity index (χ4v) is 2.79. The predicted octanol–water partition coefficient (Wildman–Crippen LogP) is 1.18. The van der Waals surface area contributed by atoms with Gasteiger partial charge in [0.15, 0.2) is 0 Å². The van der Waals surface area contributed by atoms with E-state index in [1.807, 2.05) is 4.90 Å². The number of ether oxygens (including phenoxy) is 1. The van der Waals surface area contributed by atoms with Crippen molar-refractivity contribution in [3.8, 4) is 0 Å². The van der Waals surface area contributed by atoms with Crippen LogP contribution in [0.1, 0.15) is 26.2 Å². The highest BCUT2D eigenvalue weighted by atomic mass is 16.5. The van der Waals surface area contributed by atoms with Crippen LogP contribution in [-0.4, -0.2) is 50.7 Å². The molecule has 0 bridgehead atoms. The molecule has 102 valence electrons. The number of nitrogens with one attached hydrogen (secondary N) is 1. The minimum Gasteiger partial charge on any atom is -0.380 e. The normalized spacial score (nSPS) is 23.7. The summed E-state index contributed by atoms with van der Waals surface area (Å²) in [6, 6.07) is 0. The number of hydrogen-bond acceptors (Lipinski definition) is 3. The van der Waals surface area contributed by atoms with Crippen molar-refractivity contribution in [2.24, 2.45) is 5.41 Å². The molecule has 0 unspecified atom stereocenters. The lowest BCUT2D eigenvalue weighted by molar-refractivity contribution is -0.142. The Morgan fingerprint density at radius 2 is 2.22 bits per heavy atom. The van der Waals surface area contributed by atoms with E-state index in [1.54, 1.807) is 7.11 Å². The van der Waals surface area contributed by atoms with Crippen LogP contribution < -0.4 is 5.32 Å². The van der Waals surface area contributed by atoms with E-state index >= 15 is 0 Å². The molecule has 0 atom stereocenters. The van der Waals surface area contributed by atoms with Crippen molar-refractivity contribution in [3.63, 3.8) is 0 Å². The zero-order valence-corrected chi connectivity index (χ0v) is 11.5. The molecule has 0 saturated carbocycles. The molecule has 1 fully saturated rings. The second-order valence-corrected chi connectivity index (χ2v) is 5.61. The van der Waals surface area contributed by atoms with Crippen molar-refractivity contribution in [3.05, 3.63) is 11.6 Å². The van der Waals surface area contributed by atoms with E-state index in [-0.39, 0.29) is 5.41 Å². The van der Waals surface area contributed by atoms with Gasteiger partial charge in [-0.2, -0.15) is 0 Å². The second kappa shape index (κ2) is 5.85. The highest BCUT2D eigenvalue weighted by molar-refractivity contribution is 5.82. The average Bonchev–Trinajstić information content (AvgIpc) is 2.40. The van der Waals surface area contributed by atoms with E-state index in [4.69, 9.17) is 4.74 Å². The molecule has 2 heterocycles. The Hall–Kier alpha value is -0.870. The fourth-order valence-electron chi connectivity index (χ4n) is 2.79. The van der Waals surface area contributed by atoms with Gasteiger partial charge in [-0.1, -0.05) is 13.0 Å². The van der Waals surface area contributed by atoms with Gasteiger partial charge in [0.25, 0.3) is 0 Å². The topological polar surface area (TPSA) is 41.6 Å². The standard InChI is InChI=1S/C14H24N2O2/c1-14(5-7-15-8-6-14)13(17)16-9-3-12(4-10-16)11-18-2/h3,15H,4-11H2,1-2H3. The molecule has 2 rings (SSSR count). The summed E-state index contributed by atoms with van der Waals surface area (Å²) in [7, 11) is 1.72. The van der Waals surface area contributed by atoms with E-state index in [9.17, 15) is 4.79 Å². The SMILES string of the molecule is COCC1=CCN(C(=O)C2(C)CCNCC2)CC1. The molecule has 1 amide bonds. The first-order chi connectivity index (χ1) is 8.65. The first kappa shape index (κ1) is 13.6. The van der Waals surface area contributed by atoms with Crippen LogP contribution in [0.2, 0.25) is 0 Å². The van der Waals surface area contributed by atoms with Crippen LogP contribution in [0.4, 0.5) is 0 Å². The van der Waals surface area contributed by atoms with Gasteiger partial charge in [0, 0.05) is 25.6 Å². The van der Waals surface area contributed by atoms with Crippen molar-refractivity contribution >= 4 is 5.91 Å². The zero-order valence-electron chi connectivity index (χ0n) is 11.5. The summed E-state index contributed by atoms with van der Waals surface area (Å²) in [5.74, 6) is 0.330. The van der Waals surface area contributed by atoms with Crippen LogP contribution in [0.25, 0.3) is 0 Å². The first-order valence-corrected chi connectivity index (χ1v) is 6.83. The molecule has 0 spiro atoms. The lowest BCUT2D eigenvalue weighted by atomic mass is 9.79. The summed E-state index contributed by atoms with van der Waals surface area (Å²) in [5, 5.41) is 3.32. The Morgan fingerprint density at radius 3 is 2.78 bits per heavy atom. The van der Waals surface area contributed by atoms with Crippen LogP contribution in [0.5, 0.6) is 0 Å². The molecule has 0 aromatic rings. The fraction of sp³-hybridized carbons (Fsp3) is 0.786. The summed E-state index contributed by atoms with van der Waals surface area (Å²) < 4.78 is 5.13. The van der Waals surface area contributed by atoms with Gasteiger partial charge in [-0.15, -0.1) is 0 Å². The molecule has 0 aliphatic carbocycles. The van der Waals surface area contributed by atoms with E-state index in [0.29, 0.717) is 12.5 Å². The van der Waals surface area contributed by atoms with E-state index in [2.05, 4.69) is 18.3 Å². The molecular formula is C14H24N2O2. The van der Waals surface area contributed by atoms with Crippen LogP contribution in [0, 0.1) is 5.41 Å². The maximum atomic E-state index is 12.6. The largest absolute Gasteiger partial charge is 0.380 e. The Balaban J connectivity index is 1.94. The first-order valence-electron chi connectivity index (χ1n) is 6.83. The van der Waals surface area contributed by atoms with Gasteiger partial charge in [0.05, 0.1) is 6.61 Å². The van der Waals surface area contributed by atoms with E-state index in [1.165, 1.54) is 5.57 Å². The molecule has 0 aromatic carbocycles. The van der Waals surface area contributed by atoms with Crippen molar-refractivity contribution < 1.29 is 9.53 Å². The zero-order chi connectivity index (χ0) is 13.0. The Bertz CT molecular complexity index is 333. The molecule has 0 aromatic heterocycles. The van der Waals surface area contributed by atoms with Gasteiger partial charge in [0.2, 0.25) is 5.91 Å². The monoisotopic (exact) mass is 252 g/mol. The molecule has 18 heavy (non-hydrogen) atoms. The summed E-state index contributed by atoms with van der Waals surface area (Å²) in [6.45, 7) is 6.33. The number of nitrogens with zero attached hydrogens (tertiary/aromatic N) is 1. The third-order valence-electron chi connectivity index (χ3n) is 4.14. The average molecular weight is 252 g/mol. The van der Waals surface area contributed by atoms with Crippen LogP contribution in [-0.2, 0) is 9.53 Å². The summed E-state index contributed by atoms with van der Waals surface area (Å²) in [4.78, 5) is 14.6. The molecule has 4 heteroatoms. The van der Waals surface area contributed by atoms with Crippen molar-refractivity contribution in [2.45, 2.75) is 26.2 Å². The molecule has 1 saturated heterocycles. The van der Waals surface area contributed by atoms with Crippen LogP contribution in [0.15, 0.2) is 11.6 Å². The number of piperidine rings is 1. The van der Waals surface area contributed by atoms with E-state index in [0.717, 1.165) is 45.4 Å². The molecule has 1 N–H and O–H groups in total. The van der Waals surface area contributed by atoms with Crippen molar-refractivity contribution in [1.82, 2.24) is 10.2 Å². The molecular weight excluding hydrogens is 228 g/mol. The van der Waals surface area contributed by atoms with Crippen LogP contribution in [0.3, 0.4) is 0 Å². The Labute approximate surface area is 109 Å². The van der Waals surface area contributed by atoms with Crippen LogP contribution >= 0.6 is 0 Å². The van der Waals surface area contributed by atoms with E-state index < -0.39 is 0 Å². The molecule has 2 aliphatic heterocycles. The van der Waals surface area contributed by atoms with Crippen molar-refractivity contribution in [1.29, 1.82) is 0 Å². The molecule has 2 aliphatic rings. The molecule has 0 radical (unpaired) electrons. The van der Waals surface area contributed by atoms with Gasteiger partial charge in [0.1, 0.15) is 0 Å². The third kappa shape index (κ3) is 2.93. The molecule has 4 nitrogen and oxygen atoms in total. The highest BCUT2D eigenvalue weighted by Crippen LogP contribution is 2.31. The van der Waals surface area contributed by atoms with Gasteiger partial charge in [-0.3, -0.25) is 4.79 Å². The summed E-state index contributed by atoms with van der Waals surface area (Å²) in [5.41, 5.74) is 1.16. The number of rotatable bonds is 3. The number of amides is 1. The highest BCUT2D eigenvalue weighted by Gasteiger charge is 2.37. The van der Waals surface area contributed by atoms with Gasteiger partial charge in [-0.25, -0.2) is 0 Å². The van der Waals surface area contributed by atoms with Crippen molar-refractivity contribution in [2.75, 3.05) is 39.9 Å². The number of hydrogen-bond donors (Lipinski definition) is 1. The number of carbonyl (C=O) groups excluding carboxylic acids is 1. The number of methoxy groups -OCH3 is 1. The number of carbonyl (C=O) groups is 1. The lowest BCUT2D eigenvalue weighted by Crippen LogP contribution is -2.48. The van der Waals surface area contributed by atoms with Gasteiger partial charge >= 0.3 is 0 Å². The predicted molar refractivity (Wildman–Crippen MR) is 71.4 cm³/mol. The second-order valence-electron chi connectivity index (χ2n) is 5.61. The maximum absolute atomic E-state index is 12.6.